The van der Waals surface area contributed by atoms with Gasteiger partial charge in [-0.05, 0) is 13.3 Å². The lowest BCUT2D eigenvalue weighted by Gasteiger charge is -2.09. The van der Waals surface area contributed by atoms with E-state index in [2.05, 4.69) is 13.5 Å². The standard InChI is InChI=1S/C46H90O10/c1-4-5-6-7-8-9-10-11-12-13-14-15-16-17-18-19-20-21-22-23-24-25-26-27-28-48-29-30-49-31-32-50-33-34-51-35-36-52-37-38-53-39-40-54-41-42-55-43-44-56-46(47)45(2)3/h2,4-44H2,1,3H3. The maximum Gasteiger partial charge on any atom is 0.333 e. The highest BCUT2D eigenvalue weighted by molar-refractivity contribution is 5.86. The van der Waals surface area contributed by atoms with Crippen molar-refractivity contribution in [1.82, 2.24) is 0 Å². The largest absolute Gasteiger partial charge is 0.460 e. The number of hydrogen-bond acceptors (Lipinski definition) is 10. The van der Waals surface area contributed by atoms with Gasteiger partial charge in [-0.2, -0.15) is 0 Å². The van der Waals surface area contributed by atoms with Crippen LogP contribution in [0, 0.1) is 0 Å². The van der Waals surface area contributed by atoms with Gasteiger partial charge in [-0.3, -0.25) is 0 Å². The van der Waals surface area contributed by atoms with Crippen molar-refractivity contribution in [3.8, 4) is 0 Å². The summed E-state index contributed by atoms with van der Waals surface area (Å²) in [6.45, 7) is 16.2. The van der Waals surface area contributed by atoms with Crippen molar-refractivity contribution >= 4 is 5.97 Å². The molecule has 0 aromatic rings. The van der Waals surface area contributed by atoms with Crippen LogP contribution in [-0.2, 0) is 47.4 Å². The monoisotopic (exact) mass is 803 g/mol. The molecule has 0 aromatic heterocycles. The number of rotatable bonds is 50. The maximum atomic E-state index is 11.2. The van der Waals surface area contributed by atoms with E-state index >= 15 is 0 Å². The predicted octanol–water partition coefficient (Wildman–Crippen LogP) is 10.6. The van der Waals surface area contributed by atoms with E-state index in [1.54, 1.807) is 6.92 Å². The molecule has 0 bridgehead atoms. The number of esters is 1. The molecule has 0 unspecified atom stereocenters. The first-order valence-electron chi connectivity index (χ1n) is 23.1. The van der Waals surface area contributed by atoms with E-state index in [-0.39, 0.29) is 6.61 Å². The van der Waals surface area contributed by atoms with Crippen LogP contribution >= 0.6 is 0 Å². The molecule has 0 heterocycles. The average molecular weight is 803 g/mol. The van der Waals surface area contributed by atoms with E-state index in [1.165, 1.54) is 148 Å². The lowest BCUT2D eigenvalue weighted by Crippen LogP contribution is -2.15. The lowest BCUT2D eigenvalue weighted by atomic mass is 10.0. The van der Waals surface area contributed by atoms with Crippen molar-refractivity contribution in [3.05, 3.63) is 12.2 Å². The molecule has 334 valence electrons. The van der Waals surface area contributed by atoms with Gasteiger partial charge in [0.15, 0.2) is 0 Å². The molecule has 0 radical (unpaired) electrons. The molecule has 0 atom stereocenters. The number of carbonyl (C=O) groups is 1. The van der Waals surface area contributed by atoms with Crippen molar-refractivity contribution < 1.29 is 47.4 Å². The summed E-state index contributed by atoms with van der Waals surface area (Å²) in [5, 5.41) is 0. The Kier molecular flexibility index (Phi) is 49.0. The third-order valence-electron chi connectivity index (χ3n) is 9.56. The van der Waals surface area contributed by atoms with Crippen LogP contribution in [-0.4, -0.2) is 118 Å². The summed E-state index contributed by atoms with van der Waals surface area (Å²) in [7, 11) is 0. The minimum absolute atomic E-state index is 0.208. The second-order valence-electron chi connectivity index (χ2n) is 14.9. The molecule has 10 heteroatoms. The number of carbonyl (C=O) groups excluding carboxylic acids is 1. The van der Waals surface area contributed by atoms with E-state index in [1.807, 2.05) is 0 Å². The predicted molar refractivity (Wildman–Crippen MR) is 229 cm³/mol. The van der Waals surface area contributed by atoms with Gasteiger partial charge in [-0.15, -0.1) is 0 Å². The summed E-state index contributed by atoms with van der Waals surface area (Å²) >= 11 is 0. The molecule has 0 aromatic carbocycles. The highest BCUT2D eigenvalue weighted by Crippen LogP contribution is 2.15. The van der Waals surface area contributed by atoms with Gasteiger partial charge in [0, 0.05) is 12.2 Å². The van der Waals surface area contributed by atoms with Gasteiger partial charge in [0.2, 0.25) is 0 Å². The Labute approximate surface area is 345 Å². The topological polar surface area (TPSA) is 100 Å². The maximum absolute atomic E-state index is 11.2. The molecule has 0 aliphatic rings. The van der Waals surface area contributed by atoms with Crippen molar-refractivity contribution in [1.29, 1.82) is 0 Å². The second kappa shape index (κ2) is 50.0. The fraction of sp³-hybridized carbons (Fsp3) is 0.935. The molecule has 0 aliphatic carbocycles. The number of unbranched alkanes of at least 4 members (excludes halogenated alkanes) is 23. The Bertz CT molecular complexity index is 768. The molecule has 0 saturated carbocycles. The van der Waals surface area contributed by atoms with Gasteiger partial charge < -0.3 is 42.6 Å². The van der Waals surface area contributed by atoms with Crippen LogP contribution in [0.3, 0.4) is 0 Å². The summed E-state index contributed by atoms with van der Waals surface area (Å²) in [6.07, 6.45) is 34.0. The molecule has 0 spiro atoms. The van der Waals surface area contributed by atoms with Gasteiger partial charge >= 0.3 is 5.97 Å². The highest BCUT2D eigenvalue weighted by atomic mass is 16.6. The third-order valence-corrected chi connectivity index (χ3v) is 9.56. The number of hydrogen-bond donors (Lipinski definition) is 0. The van der Waals surface area contributed by atoms with Gasteiger partial charge in [0.1, 0.15) is 6.61 Å². The Hall–Kier alpha value is -1.11. The van der Waals surface area contributed by atoms with Crippen molar-refractivity contribution in [2.45, 2.75) is 168 Å². The normalized spacial score (nSPS) is 11.5. The van der Waals surface area contributed by atoms with Crippen LogP contribution in [0.1, 0.15) is 168 Å². The van der Waals surface area contributed by atoms with Gasteiger partial charge in [0.25, 0.3) is 0 Å². The Morgan fingerprint density at radius 1 is 0.304 bits per heavy atom. The van der Waals surface area contributed by atoms with E-state index in [0.29, 0.717) is 105 Å². The van der Waals surface area contributed by atoms with Crippen LogP contribution < -0.4 is 0 Å². The van der Waals surface area contributed by atoms with Crippen LogP contribution in [0.2, 0.25) is 0 Å². The Morgan fingerprint density at radius 2 is 0.500 bits per heavy atom. The summed E-state index contributed by atoms with van der Waals surface area (Å²) in [5.74, 6) is -0.404. The van der Waals surface area contributed by atoms with Gasteiger partial charge in [0.05, 0.1) is 99.1 Å². The first-order chi connectivity index (χ1) is 27.7. The smallest absolute Gasteiger partial charge is 0.333 e. The van der Waals surface area contributed by atoms with E-state index in [4.69, 9.17) is 42.6 Å². The molecule has 0 saturated heterocycles. The minimum Gasteiger partial charge on any atom is -0.460 e. The molecule has 10 nitrogen and oxygen atoms in total. The third kappa shape index (κ3) is 49.0. The Balaban J connectivity index is 3.07. The molecule has 0 N–H and O–H groups in total. The fourth-order valence-corrected chi connectivity index (χ4v) is 6.12. The molecule has 0 fully saturated rings. The quantitative estimate of drug-likeness (QED) is 0.0336. The minimum atomic E-state index is -0.404. The molecule has 0 amide bonds. The second-order valence-corrected chi connectivity index (χ2v) is 14.9. The van der Waals surface area contributed by atoms with Gasteiger partial charge in [-0.1, -0.05) is 161 Å². The molecular weight excluding hydrogens is 712 g/mol. The SMILES string of the molecule is C=C(C)C(=O)OCCOCCOCCOCCOCCOCCOCCOCCOCCCCCCCCCCCCCCCCCCCCCCCCCC. The van der Waals surface area contributed by atoms with Gasteiger partial charge in [-0.25, -0.2) is 4.79 Å². The zero-order chi connectivity index (χ0) is 40.5. The van der Waals surface area contributed by atoms with Crippen molar-refractivity contribution in [2.24, 2.45) is 0 Å². The van der Waals surface area contributed by atoms with Crippen molar-refractivity contribution in [2.75, 3.05) is 112 Å². The van der Waals surface area contributed by atoms with Crippen LogP contribution in [0.15, 0.2) is 12.2 Å². The zero-order valence-electron chi connectivity index (χ0n) is 36.8. The van der Waals surface area contributed by atoms with E-state index in [9.17, 15) is 4.79 Å². The fourth-order valence-electron chi connectivity index (χ4n) is 6.12. The summed E-state index contributed by atoms with van der Waals surface area (Å²) < 4.78 is 49.0. The number of ether oxygens (including phenoxy) is 9. The van der Waals surface area contributed by atoms with Crippen LogP contribution in [0.5, 0.6) is 0 Å². The molecule has 0 aliphatic heterocycles. The highest BCUT2D eigenvalue weighted by Gasteiger charge is 2.02. The van der Waals surface area contributed by atoms with Crippen LogP contribution in [0.25, 0.3) is 0 Å². The average Bonchev–Trinajstić information content (AvgIpc) is 3.20. The molecule has 0 rings (SSSR count). The van der Waals surface area contributed by atoms with E-state index in [0.717, 1.165) is 13.0 Å². The summed E-state index contributed by atoms with van der Waals surface area (Å²) in [6, 6.07) is 0. The van der Waals surface area contributed by atoms with E-state index < -0.39 is 5.97 Å². The lowest BCUT2D eigenvalue weighted by molar-refractivity contribution is -0.140. The van der Waals surface area contributed by atoms with Crippen LogP contribution in [0.4, 0.5) is 0 Å². The first-order valence-corrected chi connectivity index (χ1v) is 23.1. The first kappa shape index (κ1) is 54.9. The zero-order valence-corrected chi connectivity index (χ0v) is 36.8. The molecule has 56 heavy (non-hydrogen) atoms. The summed E-state index contributed by atoms with van der Waals surface area (Å²) in [5.41, 5.74) is 0.378. The van der Waals surface area contributed by atoms with Crippen molar-refractivity contribution in [3.63, 3.8) is 0 Å². The Morgan fingerprint density at radius 3 is 0.732 bits per heavy atom. The molecular formula is C46H90O10. The summed E-state index contributed by atoms with van der Waals surface area (Å²) in [4.78, 5) is 11.2.